The lowest BCUT2D eigenvalue weighted by Gasteiger charge is -2.37. The van der Waals surface area contributed by atoms with Crippen LogP contribution in [-0.4, -0.2) is 54.5 Å². The minimum absolute atomic E-state index is 0.0375. The number of ether oxygens (including phenoxy) is 1. The molecule has 19 heavy (non-hydrogen) atoms. The van der Waals surface area contributed by atoms with Crippen LogP contribution in [0.15, 0.2) is 18.2 Å². The molecule has 0 spiro atoms. The van der Waals surface area contributed by atoms with Crippen molar-refractivity contribution in [3.63, 3.8) is 0 Å². The summed E-state index contributed by atoms with van der Waals surface area (Å²) in [5.74, 6) is 0.285. The number of rotatable bonds is 4. The first-order valence-corrected chi connectivity index (χ1v) is 6.64. The molecule has 1 aliphatic heterocycles. The highest BCUT2D eigenvalue weighted by Gasteiger charge is 2.27. The summed E-state index contributed by atoms with van der Waals surface area (Å²) >= 11 is 0. The van der Waals surface area contributed by atoms with Gasteiger partial charge < -0.3 is 20.3 Å². The monoisotopic (exact) mass is 266 g/mol. The van der Waals surface area contributed by atoms with Gasteiger partial charge >= 0.3 is 0 Å². The molecule has 1 aromatic carbocycles. The zero-order valence-electron chi connectivity index (χ0n) is 11.5. The van der Waals surface area contributed by atoms with Crippen molar-refractivity contribution in [1.82, 2.24) is 10.2 Å². The zero-order valence-corrected chi connectivity index (χ0v) is 11.5. The van der Waals surface area contributed by atoms with Crippen LogP contribution in [0.4, 0.5) is 0 Å². The van der Waals surface area contributed by atoms with E-state index in [1.165, 1.54) is 0 Å². The quantitative estimate of drug-likeness (QED) is 0.761. The Labute approximate surface area is 113 Å². The number of hydrogen-bond acceptors (Lipinski definition) is 5. The predicted molar refractivity (Wildman–Crippen MR) is 73.4 cm³/mol. The predicted octanol–water partition coefficient (Wildman–Crippen LogP) is 1.08. The van der Waals surface area contributed by atoms with Gasteiger partial charge in [0.2, 0.25) is 0 Å². The minimum Gasteiger partial charge on any atom is -0.507 e. The highest BCUT2D eigenvalue weighted by Crippen LogP contribution is 2.35. The van der Waals surface area contributed by atoms with Gasteiger partial charge in [-0.05, 0) is 26.1 Å². The highest BCUT2D eigenvalue weighted by molar-refractivity contribution is 5.45. The Kier molecular flexibility index (Phi) is 4.63. The van der Waals surface area contributed by atoms with Crippen molar-refractivity contribution in [2.45, 2.75) is 19.1 Å². The topological polar surface area (TPSA) is 65.0 Å². The fourth-order valence-electron chi connectivity index (χ4n) is 2.60. The van der Waals surface area contributed by atoms with E-state index in [4.69, 9.17) is 4.74 Å². The fourth-order valence-corrected chi connectivity index (χ4v) is 2.60. The summed E-state index contributed by atoms with van der Waals surface area (Å²) < 4.78 is 5.67. The molecule has 5 heteroatoms. The first kappa shape index (κ1) is 14.1. The van der Waals surface area contributed by atoms with Gasteiger partial charge in [-0.1, -0.05) is 6.07 Å². The molecule has 1 heterocycles. The average Bonchev–Trinajstić information content (AvgIpc) is 2.39. The van der Waals surface area contributed by atoms with Gasteiger partial charge in [-0.3, -0.25) is 4.90 Å². The van der Waals surface area contributed by atoms with E-state index < -0.39 is 0 Å². The SMILES string of the molecule is CNCC1CN(C(C)c2c(O)cccc2O)CCO1. The maximum Gasteiger partial charge on any atom is 0.124 e. The van der Waals surface area contributed by atoms with Crippen molar-refractivity contribution in [2.24, 2.45) is 0 Å². The molecular formula is C14H22N2O3. The van der Waals surface area contributed by atoms with Gasteiger partial charge in [-0.25, -0.2) is 0 Å². The molecule has 3 N–H and O–H groups in total. The van der Waals surface area contributed by atoms with Crippen molar-refractivity contribution >= 4 is 0 Å². The van der Waals surface area contributed by atoms with Crippen LogP contribution in [0, 0.1) is 0 Å². The van der Waals surface area contributed by atoms with Crippen LogP contribution >= 0.6 is 0 Å². The van der Waals surface area contributed by atoms with Gasteiger partial charge in [-0.2, -0.15) is 0 Å². The zero-order chi connectivity index (χ0) is 13.8. The largest absolute Gasteiger partial charge is 0.507 e. The Bertz CT molecular complexity index is 403. The number of hydrogen-bond donors (Lipinski definition) is 3. The Hall–Kier alpha value is -1.30. The molecule has 2 rings (SSSR count). The molecular weight excluding hydrogens is 244 g/mol. The summed E-state index contributed by atoms with van der Waals surface area (Å²) in [5.41, 5.74) is 0.590. The molecule has 0 bridgehead atoms. The smallest absolute Gasteiger partial charge is 0.124 e. The third kappa shape index (κ3) is 3.18. The third-order valence-electron chi connectivity index (χ3n) is 3.63. The van der Waals surface area contributed by atoms with E-state index in [0.29, 0.717) is 12.2 Å². The first-order valence-electron chi connectivity index (χ1n) is 6.64. The average molecular weight is 266 g/mol. The lowest BCUT2D eigenvalue weighted by Crippen LogP contribution is -2.46. The van der Waals surface area contributed by atoms with E-state index in [2.05, 4.69) is 10.2 Å². The van der Waals surface area contributed by atoms with E-state index in [9.17, 15) is 10.2 Å². The molecule has 0 amide bonds. The summed E-state index contributed by atoms with van der Waals surface area (Å²) in [6, 6.07) is 4.82. The molecule has 1 fully saturated rings. The van der Waals surface area contributed by atoms with Crippen molar-refractivity contribution in [3.8, 4) is 11.5 Å². The molecule has 1 aliphatic rings. The third-order valence-corrected chi connectivity index (χ3v) is 3.63. The molecule has 0 aromatic heterocycles. The minimum atomic E-state index is -0.0375. The lowest BCUT2D eigenvalue weighted by molar-refractivity contribution is -0.0398. The number of phenolic OH excluding ortho intramolecular Hbond substituents is 2. The number of benzene rings is 1. The Morgan fingerprint density at radius 1 is 1.42 bits per heavy atom. The number of likely N-dealkylation sites (N-methyl/N-ethyl adjacent to an activating group) is 1. The number of nitrogens with zero attached hydrogens (tertiary/aromatic N) is 1. The maximum absolute atomic E-state index is 9.93. The summed E-state index contributed by atoms with van der Waals surface area (Å²) in [4.78, 5) is 2.22. The molecule has 106 valence electrons. The lowest BCUT2D eigenvalue weighted by atomic mass is 10.0. The first-order chi connectivity index (χ1) is 9.13. The summed E-state index contributed by atoms with van der Waals surface area (Å²) in [7, 11) is 1.90. The van der Waals surface area contributed by atoms with Gasteiger partial charge in [0.1, 0.15) is 11.5 Å². The van der Waals surface area contributed by atoms with Crippen LogP contribution < -0.4 is 5.32 Å². The maximum atomic E-state index is 9.93. The van der Waals surface area contributed by atoms with Crippen molar-refractivity contribution in [1.29, 1.82) is 0 Å². The standard InChI is InChI=1S/C14H22N2O3/c1-10(14-12(17)4-3-5-13(14)18)16-6-7-19-11(9-16)8-15-2/h3-5,10-11,15,17-18H,6-9H2,1-2H3. The summed E-state index contributed by atoms with van der Waals surface area (Å²) in [5, 5.41) is 23.0. The number of aromatic hydroxyl groups is 2. The number of phenols is 2. The van der Waals surface area contributed by atoms with Crippen molar-refractivity contribution in [3.05, 3.63) is 23.8 Å². The van der Waals surface area contributed by atoms with Crippen LogP contribution in [0.25, 0.3) is 0 Å². The second-order valence-electron chi connectivity index (χ2n) is 4.93. The van der Waals surface area contributed by atoms with Gasteiger partial charge in [0, 0.05) is 25.7 Å². The molecule has 2 atom stereocenters. The summed E-state index contributed by atoms with van der Waals surface area (Å²) in [6.45, 7) is 5.06. The second-order valence-corrected chi connectivity index (χ2v) is 4.93. The molecule has 1 saturated heterocycles. The van der Waals surface area contributed by atoms with E-state index in [0.717, 1.165) is 19.6 Å². The van der Waals surface area contributed by atoms with Gasteiger partial charge in [0.05, 0.1) is 18.3 Å². The van der Waals surface area contributed by atoms with Crippen LogP contribution in [-0.2, 0) is 4.74 Å². The van der Waals surface area contributed by atoms with Crippen LogP contribution in [0.2, 0.25) is 0 Å². The highest BCUT2D eigenvalue weighted by atomic mass is 16.5. The molecule has 0 saturated carbocycles. The van der Waals surface area contributed by atoms with E-state index in [1.807, 2.05) is 14.0 Å². The van der Waals surface area contributed by atoms with Crippen LogP contribution in [0.5, 0.6) is 11.5 Å². The Balaban J connectivity index is 2.12. The van der Waals surface area contributed by atoms with E-state index in [1.54, 1.807) is 18.2 Å². The van der Waals surface area contributed by atoms with Crippen molar-refractivity contribution in [2.75, 3.05) is 33.3 Å². The second kappa shape index (κ2) is 6.23. The molecule has 0 aliphatic carbocycles. The molecule has 5 nitrogen and oxygen atoms in total. The fraction of sp³-hybridized carbons (Fsp3) is 0.571. The van der Waals surface area contributed by atoms with E-state index in [-0.39, 0.29) is 23.6 Å². The van der Waals surface area contributed by atoms with Crippen LogP contribution in [0.3, 0.4) is 0 Å². The molecule has 1 aromatic rings. The molecule has 2 unspecified atom stereocenters. The Morgan fingerprint density at radius 2 is 2.11 bits per heavy atom. The van der Waals surface area contributed by atoms with Crippen LogP contribution in [0.1, 0.15) is 18.5 Å². The number of morpholine rings is 1. The normalized spacial score (nSPS) is 22.3. The van der Waals surface area contributed by atoms with Gasteiger partial charge in [0.25, 0.3) is 0 Å². The molecule has 0 radical (unpaired) electrons. The Morgan fingerprint density at radius 3 is 2.74 bits per heavy atom. The van der Waals surface area contributed by atoms with E-state index >= 15 is 0 Å². The van der Waals surface area contributed by atoms with Gasteiger partial charge in [-0.15, -0.1) is 0 Å². The summed E-state index contributed by atoms with van der Waals surface area (Å²) in [6.07, 6.45) is 0.147. The number of nitrogens with one attached hydrogen (secondary N) is 1. The van der Waals surface area contributed by atoms with Crippen molar-refractivity contribution < 1.29 is 14.9 Å². The van der Waals surface area contributed by atoms with Gasteiger partial charge in [0.15, 0.2) is 0 Å².